The predicted octanol–water partition coefficient (Wildman–Crippen LogP) is 3.78. The molecular formula is C28H33ClF2N6O6S2. The summed E-state index contributed by atoms with van der Waals surface area (Å²) in [7, 11) is -2.27. The number of sulfonamides is 1. The molecule has 2 aliphatic heterocycles. The van der Waals surface area contributed by atoms with Crippen molar-refractivity contribution in [3.63, 3.8) is 0 Å². The molecule has 0 aliphatic carbocycles. The molecule has 0 spiro atoms. The van der Waals surface area contributed by atoms with Gasteiger partial charge in [0.15, 0.2) is 0 Å². The normalized spacial score (nSPS) is 15.9. The van der Waals surface area contributed by atoms with Crippen LogP contribution in [0, 0.1) is 25.5 Å². The zero-order valence-corrected chi connectivity index (χ0v) is 27.0. The molecule has 4 aromatic rings. The molecule has 2 aromatic heterocycles. The van der Waals surface area contributed by atoms with Crippen molar-refractivity contribution in [2.75, 3.05) is 62.2 Å². The van der Waals surface area contributed by atoms with Gasteiger partial charge >= 0.3 is 0 Å². The van der Waals surface area contributed by atoms with E-state index in [2.05, 4.69) is 25.1 Å². The zero-order chi connectivity index (χ0) is 32.6. The first-order valence-electron chi connectivity index (χ1n) is 13.8. The van der Waals surface area contributed by atoms with Gasteiger partial charge in [0.25, 0.3) is 9.05 Å². The standard InChI is InChI=1S/C14H16FN3O3S.C10H13FN2.C4H4ClNO3S/c1-11-14(10-21-16-11)22(19,20)18-8-6-17(7-9-18)13-4-2-12(15)3-5-13;11-9-1-3-10(4-2-9)13-7-5-12-6-8-13;1-3-4(2-9-6-3)10(5,7)8/h2-5,10H,6-9H2,1H3;1-4,12H,5-8H2;2H,1H3. The molecule has 2 fully saturated rings. The highest BCUT2D eigenvalue weighted by Gasteiger charge is 2.31. The first kappa shape index (κ1) is 34.3. The van der Waals surface area contributed by atoms with Crippen molar-refractivity contribution in [1.82, 2.24) is 19.9 Å². The zero-order valence-electron chi connectivity index (χ0n) is 24.6. The molecule has 6 rings (SSSR count). The Balaban J connectivity index is 0.000000170. The Morgan fingerprint density at radius 1 is 0.689 bits per heavy atom. The summed E-state index contributed by atoms with van der Waals surface area (Å²) in [6.45, 7) is 8.97. The number of halogens is 3. The number of aryl methyl sites for hydroxylation is 2. The Kier molecular flexibility index (Phi) is 11.5. The molecule has 4 heterocycles. The fraction of sp³-hybridized carbons (Fsp3) is 0.357. The van der Waals surface area contributed by atoms with E-state index in [-0.39, 0.29) is 27.1 Å². The number of hydrogen-bond acceptors (Lipinski definition) is 11. The van der Waals surface area contributed by atoms with Crippen LogP contribution in [0.5, 0.6) is 0 Å². The molecule has 0 atom stereocenters. The van der Waals surface area contributed by atoms with Gasteiger partial charge in [0, 0.05) is 74.4 Å². The Morgan fingerprint density at radius 2 is 1.11 bits per heavy atom. The van der Waals surface area contributed by atoms with Crippen LogP contribution in [0.25, 0.3) is 0 Å². The minimum atomic E-state index is -3.67. The molecular weight excluding hydrogens is 654 g/mol. The van der Waals surface area contributed by atoms with E-state index in [0.717, 1.165) is 50.1 Å². The molecule has 0 saturated carbocycles. The smallest absolute Gasteiger partial charge is 0.266 e. The van der Waals surface area contributed by atoms with Crippen LogP contribution in [0.4, 0.5) is 20.2 Å². The molecule has 0 unspecified atom stereocenters. The number of anilines is 2. The second kappa shape index (κ2) is 15.1. The minimum Gasteiger partial charge on any atom is -0.369 e. The lowest BCUT2D eigenvalue weighted by molar-refractivity contribution is 0.383. The summed E-state index contributed by atoms with van der Waals surface area (Å²) in [6, 6.07) is 12.9. The van der Waals surface area contributed by atoms with E-state index in [1.54, 1.807) is 19.1 Å². The second-order valence-corrected chi connectivity index (χ2v) is 14.5. The third kappa shape index (κ3) is 9.23. The summed E-state index contributed by atoms with van der Waals surface area (Å²) in [6.07, 6.45) is 2.16. The molecule has 0 radical (unpaired) electrons. The summed E-state index contributed by atoms with van der Waals surface area (Å²) < 4.78 is 82.3. The summed E-state index contributed by atoms with van der Waals surface area (Å²) >= 11 is 0. The van der Waals surface area contributed by atoms with Crippen molar-refractivity contribution < 1.29 is 34.7 Å². The highest BCUT2D eigenvalue weighted by atomic mass is 35.7. The van der Waals surface area contributed by atoms with E-state index < -0.39 is 19.1 Å². The fourth-order valence-corrected chi connectivity index (χ4v) is 7.09. The summed E-state index contributed by atoms with van der Waals surface area (Å²) in [4.78, 5) is 4.33. The Hall–Kier alpha value is -3.57. The van der Waals surface area contributed by atoms with E-state index in [4.69, 9.17) is 15.2 Å². The molecule has 45 heavy (non-hydrogen) atoms. The average Bonchev–Trinajstić information content (AvgIpc) is 3.67. The van der Waals surface area contributed by atoms with Gasteiger partial charge in [0.05, 0.1) is 0 Å². The maximum atomic E-state index is 12.9. The Bertz CT molecular complexity index is 1740. The van der Waals surface area contributed by atoms with E-state index in [0.29, 0.717) is 31.9 Å². The number of rotatable bonds is 5. The quantitative estimate of drug-likeness (QED) is 0.307. The summed E-state index contributed by atoms with van der Waals surface area (Å²) in [5.74, 6) is -0.452. The molecule has 244 valence electrons. The van der Waals surface area contributed by atoms with Gasteiger partial charge in [-0.05, 0) is 62.4 Å². The molecule has 2 aromatic carbocycles. The van der Waals surface area contributed by atoms with Crippen molar-refractivity contribution in [3.05, 3.63) is 84.1 Å². The molecule has 17 heteroatoms. The Morgan fingerprint density at radius 3 is 1.49 bits per heavy atom. The van der Waals surface area contributed by atoms with Gasteiger partial charge in [-0.2, -0.15) is 4.31 Å². The first-order valence-corrected chi connectivity index (χ1v) is 17.6. The van der Waals surface area contributed by atoms with Crippen LogP contribution in [0.1, 0.15) is 11.4 Å². The van der Waals surface area contributed by atoms with Gasteiger partial charge in [-0.1, -0.05) is 10.3 Å². The van der Waals surface area contributed by atoms with Crippen LogP contribution in [-0.2, 0) is 19.1 Å². The van der Waals surface area contributed by atoms with Crippen LogP contribution in [0.15, 0.2) is 79.9 Å². The lowest BCUT2D eigenvalue weighted by Gasteiger charge is -2.35. The van der Waals surface area contributed by atoms with Gasteiger partial charge in [0.2, 0.25) is 10.0 Å². The van der Waals surface area contributed by atoms with E-state index in [9.17, 15) is 25.6 Å². The van der Waals surface area contributed by atoms with Gasteiger partial charge in [0.1, 0.15) is 45.3 Å². The third-order valence-corrected chi connectivity index (χ3v) is 10.4. The van der Waals surface area contributed by atoms with Crippen molar-refractivity contribution in [2.24, 2.45) is 0 Å². The molecule has 2 saturated heterocycles. The van der Waals surface area contributed by atoms with Crippen LogP contribution < -0.4 is 15.1 Å². The first-order chi connectivity index (χ1) is 21.4. The van der Waals surface area contributed by atoms with Crippen LogP contribution >= 0.6 is 10.7 Å². The predicted molar refractivity (Wildman–Crippen MR) is 164 cm³/mol. The number of nitrogens with zero attached hydrogens (tertiary/aromatic N) is 5. The highest BCUT2D eigenvalue weighted by molar-refractivity contribution is 8.13. The summed E-state index contributed by atoms with van der Waals surface area (Å²) in [5.41, 5.74) is 2.64. The Labute approximate surface area is 265 Å². The number of hydrogen-bond donors (Lipinski definition) is 1. The third-order valence-electron chi connectivity index (χ3n) is 7.03. The number of piperazine rings is 2. The van der Waals surface area contributed by atoms with Crippen molar-refractivity contribution >= 4 is 41.1 Å². The molecule has 0 bridgehead atoms. The monoisotopic (exact) mass is 686 g/mol. The number of benzene rings is 2. The van der Waals surface area contributed by atoms with Gasteiger partial charge < -0.3 is 24.2 Å². The number of nitrogens with one attached hydrogen (secondary N) is 1. The average molecular weight is 687 g/mol. The van der Waals surface area contributed by atoms with E-state index in [1.165, 1.54) is 35.5 Å². The molecule has 12 nitrogen and oxygen atoms in total. The molecule has 2 aliphatic rings. The lowest BCUT2D eigenvalue weighted by Crippen LogP contribution is -2.48. The van der Waals surface area contributed by atoms with Gasteiger partial charge in [-0.3, -0.25) is 0 Å². The number of aromatic nitrogens is 2. The van der Waals surface area contributed by atoms with Gasteiger partial charge in [-0.15, -0.1) is 0 Å². The maximum absolute atomic E-state index is 12.9. The molecule has 0 amide bonds. The van der Waals surface area contributed by atoms with Crippen LogP contribution in [0.3, 0.4) is 0 Å². The van der Waals surface area contributed by atoms with E-state index >= 15 is 0 Å². The fourth-order valence-electron chi connectivity index (χ4n) is 4.60. The topological polar surface area (TPSA) is 142 Å². The second-order valence-electron chi connectivity index (χ2n) is 10.0. The van der Waals surface area contributed by atoms with Gasteiger partial charge in [-0.25, -0.2) is 25.6 Å². The van der Waals surface area contributed by atoms with Crippen molar-refractivity contribution in [1.29, 1.82) is 0 Å². The van der Waals surface area contributed by atoms with Crippen LogP contribution in [0.2, 0.25) is 0 Å². The maximum Gasteiger partial charge on any atom is 0.266 e. The lowest BCUT2D eigenvalue weighted by atomic mass is 10.2. The largest absolute Gasteiger partial charge is 0.369 e. The SMILES string of the molecule is Cc1nocc1S(=O)(=O)Cl.Cc1nocc1S(=O)(=O)N1CCN(c2ccc(F)cc2)CC1.Fc1ccc(N2CCNCC2)cc1. The highest BCUT2D eigenvalue weighted by Crippen LogP contribution is 2.23. The molecule has 1 N–H and O–H groups in total. The minimum absolute atomic E-state index is 0.0748. The van der Waals surface area contributed by atoms with E-state index in [1.807, 2.05) is 17.0 Å². The van der Waals surface area contributed by atoms with Crippen molar-refractivity contribution in [2.45, 2.75) is 23.6 Å². The summed E-state index contributed by atoms with van der Waals surface area (Å²) in [5, 5.41) is 10.2. The van der Waals surface area contributed by atoms with Crippen LogP contribution in [-0.4, -0.2) is 83.8 Å². The van der Waals surface area contributed by atoms with Crippen molar-refractivity contribution in [3.8, 4) is 0 Å².